The number of carbonyl (C=O) groups excluding carboxylic acids is 1. The molecule has 1 saturated heterocycles. The molecular weight excluding hydrogens is 382 g/mol. The van der Waals surface area contributed by atoms with E-state index in [4.69, 9.17) is 21.1 Å². The smallest absolute Gasteiger partial charge is 0.224 e. The Hall–Kier alpha value is -1.40. The SMILES string of the molecule is CCC1COC2(CCc3cc(N(Cc4ccccc4Cl)C(C)=O)sc3C2)O1. The van der Waals surface area contributed by atoms with E-state index in [1.165, 1.54) is 10.4 Å². The summed E-state index contributed by atoms with van der Waals surface area (Å²) in [5.41, 5.74) is 2.25. The lowest BCUT2D eigenvalue weighted by Gasteiger charge is -2.31. The molecule has 2 aromatic rings. The van der Waals surface area contributed by atoms with Gasteiger partial charge in [-0.15, -0.1) is 11.3 Å². The molecular formula is C21H24ClNO3S. The molecule has 1 aromatic heterocycles. The minimum absolute atomic E-state index is 0.0163. The normalized spacial score (nSPS) is 24.2. The molecule has 1 aromatic carbocycles. The van der Waals surface area contributed by atoms with Gasteiger partial charge in [0.2, 0.25) is 5.91 Å². The highest BCUT2D eigenvalue weighted by Crippen LogP contribution is 2.43. The van der Waals surface area contributed by atoms with Crippen LogP contribution in [0.25, 0.3) is 0 Å². The first-order valence-corrected chi connectivity index (χ1v) is 10.6. The van der Waals surface area contributed by atoms with Crippen molar-refractivity contribution in [2.75, 3.05) is 11.5 Å². The maximum atomic E-state index is 12.3. The quantitative estimate of drug-likeness (QED) is 0.721. The van der Waals surface area contributed by atoms with E-state index in [0.29, 0.717) is 18.2 Å². The number of hydrogen-bond acceptors (Lipinski definition) is 4. The van der Waals surface area contributed by atoms with Gasteiger partial charge in [0.15, 0.2) is 5.79 Å². The number of carbonyl (C=O) groups is 1. The Kier molecular flexibility index (Phi) is 5.30. The Morgan fingerprint density at radius 2 is 2.22 bits per heavy atom. The number of benzene rings is 1. The summed E-state index contributed by atoms with van der Waals surface area (Å²) in [6, 6.07) is 9.82. The van der Waals surface area contributed by atoms with E-state index in [0.717, 1.165) is 36.2 Å². The maximum Gasteiger partial charge on any atom is 0.224 e. The summed E-state index contributed by atoms with van der Waals surface area (Å²) in [5.74, 6) is -0.456. The van der Waals surface area contributed by atoms with Crippen molar-refractivity contribution in [3.8, 4) is 0 Å². The third-order valence-electron chi connectivity index (χ3n) is 5.39. The van der Waals surface area contributed by atoms with E-state index in [1.54, 1.807) is 18.3 Å². The number of amides is 1. The Labute approximate surface area is 169 Å². The predicted molar refractivity (Wildman–Crippen MR) is 109 cm³/mol. The summed E-state index contributed by atoms with van der Waals surface area (Å²) >= 11 is 7.97. The van der Waals surface area contributed by atoms with Gasteiger partial charge in [0.25, 0.3) is 0 Å². The minimum atomic E-state index is -0.473. The van der Waals surface area contributed by atoms with Crippen LogP contribution in [0.3, 0.4) is 0 Å². The first kappa shape index (κ1) is 18.9. The lowest BCUT2D eigenvalue weighted by molar-refractivity contribution is -0.174. The number of thiophene rings is 1. The first-order chi connectivity index (χ1) is 13.0. The third-order valence-corrected chi connectivity index (χ3v) is 6.96. The number of nitrogens with zero attached hydrogens (tertiary/aromatic N) is 1. The fraction of sp³-hybridized carbons (Fsp3) is 0.476. The molecule has 1 aliphatic heterocycles. The largest absolute Gasteiger partial charge is 0.347 e. The number of ether oxygens (including phenoxy) is 2. The fourth-order valence-corrected chi connectivity index (χ4v) is 5.32. The molecule has 4 rings (SSSR count). The van der Waals surface area contributed by atoms with Crippen LogP contribution in [-0.2, 0) is 33.7 Å². The number of aryl methyl sites for hydroxylation is 1. The average molecular weight is 406 g/mol. The standard InChI is InChI=1S/C21H24ClNO3S/c1-3-17-13-25-21(26-17)9-8-15-10-20(27-19(15)11-21)23(14(2)24)12-16-6-4-5-7-18(16)22/h4-7,10,17H,3,8-9,11-13H2,1-2H3. The average Bonchev–Trinajstić information content (AvgIpc) is 3.24. The van der Waals surface area contributed by atoms with Crippen molar-refractivity contribution in [2.45, 2.75) is 58.0 Å². The van der Waals surface area contributed by atoms with Crippen LogP contribution in [0, 0.1) is 0 Å². The van der Waals surface area contributed by atoms with Crippen molar-refractivity contribution >= 4 is 33.8 Å². The summed E-state index contributed by atoms with van der Waals surface area (Å²) < 4.78 is 12.3. The van der Waals surface area contributed by atoms with E-state index in [9.17, 15) is 4.79 Å². The molecule has 0 bridgehead atoms. The van der Waals surface area contributed by atoms with Crippen molar-refractivity contribution in [1.82, 2.24) is 0 Å². The van der Waals surface area contributed by atoms with Gasteiger partial charge in [-0.1, -0.05) is 36.7 Å². The summed E-state index contributed by atoms with van der Waals surface area (Å²) in [5, 5.41) is 1.65. The van der Waals surface area contributed by atoms with Crippen molar-refractivity contribution in [3.63, 3.8) is 0 Å². The highest BCUT2D eigenvalue weighted by atomic mass is 35.5. The molecule has 0 radical (unpaired) electrons. The maximum absolute atomic E-state index is 12.3. The highest BCUT2D eigenvalue weighted by Gasteiger charge is 2.44. The fourth-order valence-electron chi connectivity index (χ4n) is 3.79. The van der Waals surface area contributed by atoms with Gasteiger partial charge in [-0.05, 0) is 36.1 Å². The zero-order chi connectivity index (χ0) is 19.0. The number of hydrogen-bond donors (Lipinski definition) is 0. The van der Waals surface area contributed by atoms with Crippen LogP contribution < -0.4 is 4.90 Å². The zero-order valence-corrected chi connectivity index (χ0v) is 17.2. The lowest BCUT2D eigenvalue weighted by atomic mass is 9.93. The van der Waals surface area contributed by atoms with Crippen LogP contribution in [0.15, 0.2) is 30.3 Å². The molecule has 1 fully saturated rings. The second-order valence-corrected chi connectivity index (χ2v) is 8.80. The molecule has 0 saturated carbocycles. The van der Waals surface area contributed by atoms with Gasteiger partial charge in [-0.3, -0.25) is 9.69 Å². The van der Waals surface area contributed by atoms with E-state index in [1.807, 2.05) is 29.2 Å². The lowest BCUT2D eigenvalue weighted by Crippen LogP contribution is -2.36. The summed E-state index contributed by atoms with van der Waals surface area (Å²) in [6.07, 6.45) is 3.72. The van der Waals surface area contributed by atoms with E-state index >= 15 is 0 Å². The van der Waals surface area contributed by atoms with E-state index < -0.39 is 5.79 Å². The van der Waals surface area contributed by atoms with Crippen LogP contribution >= 0.6 is 22.9 Å². The molecule has 2 heterocycles. The van der Waals surface area contributed by atoms with Crippen LogP contribution in [0.2, 0.25) is 5.02 Å². The number of anilines is 1. The Bertz CT molecular complexity index is 852. The van der Waals surface area contributed by atoms with Crippen LogP contribution in [-0.4, -0.2) is 24.4 Å². The number of fused-ring (bicyclic) bond motifs is 1. The Morgan fingerprint density at radius 1 is 1.41 bits per heavy atom. The van der Waals surface area contributed by atoms with Gasteiger partial charge >= 0.3 is 0 Å². The van der Waals surface area contributed by atoms with Gasteiger partial charge in [0.1, 0.15) is 0 Å². The van der Waals surface area contributed by atoms with Gasteiger partial charge < -0.3 is 9.47 Å². The predicted octanol–water partition coefficient (Wildman–Crippen LogP) is 4.97. The molecule has 2 atom stereocenters. The van der Waals surface area contributed by atoms with E-state index in [2.05, 4.69) is 13.0 Å². The van der Waals surface area contributed by atoms with Crippen molar-refractivity contribution < 1.29 is 14.3 Å². The molecule has 2 aliphatic rings. The van der Waals surface area contributed by atoms with Crippen LogP contribution in [0.4, 0.5) is 5.00 Å². The second kappa shape index (κ2) is 7.55. The number of rotatable bonds is 4. The molecule has 1 amide bonds. The molecule has 1 aliphatic carbocycles. The minimum Gasteiger partial charge on any atom is -0.347 e. The Morgan fingerprint density at radius 3 is 2.93 bits per heavy atom. The number of halogens is 1. The highest BCUT2D eigenvalue weighted by molar-refractivity contribution is 7.16. The molecule has 27 heavy (non-hydrogen) atoms. The summed E-state index contributed by atoms with van der Waals surface area (Å²) in [4.78, 5) is 15.4. The first-order valence-electron chi connectivity index (χ1n) is 9.44. The molecule has 144 valence electrons. The molecule has 2 unspecified atom stereocenters. The van der Waals surface area contributed by atoms with Crippen molar-refractivity contribution in [1.29, 1.82) is 0 Å². The van der Waals surface area contributed by atoms with Gasteiger partial charge in [0.05, 0.1) is 24.3 Å². The topological polar surface area (TPSA) is 38.8 Å². The Balaban J connectivity index is 1.57. The van der Waals surface area contributed by atoms with Crippen LogP contribution in [0.1, 0.15) is 42.7 Å². The van der Waals surface area contributed by atoms with Gasteiger partial charge in [-0.25, -0.2) is 0 Å². The molecule has 4 nitrogen and oxygen atoms in total. The molecule has 0 N–H and O–H groups in total. The van der Waals surface area contributed by atoms with Gasteiger partial charge in [0, 0.05) is 29.7 Å². The summed E-state index contributed by atoms with van der Waals surface area (Å²) in [6.45, 7) is 4.89. The zero-order valence-electron chi connectivity index (χ0n) is 15.7. The van der Waals surface area contributed by atoms with Crippen molar-refractivity contribution in [3.05, 3.63) is 51.4 Å². The summed E-state index contributed by atoms with van der Waals surface area (Å²) in [7, 11) is 0. The second-order valence-electron chi connectivity index (χ2n) is 7.28. The molecule has 6 heteroatoms. The van der Waals surface area contributed by atoms with E-state index in [-0.39, 0.29) is 12.0 Å². The third kappa shape index (κ3) is 3.79. The molecule has 1 spiro atoms. The van der Waals surface area contributed by atoms with Gasteiger partial charge in [-0.2, -0.15) is 0 Å². The van der Waals surface area contributed by atoms with Crippen molar-refractivity contribution in [2.24, 2.45) is 0 Å². The monoisotopic (exact) mass is 405 g/mol. The van der Waals surface area contributed by atoms with Crippen LogP contribution in [0.5, 0.6) is 0 Å².